The first-order valence-electron chi connectivity index (χ1n) is 6.53. The second-order valence-electron chi connectivity index (χ2n) is 5.04. The maximum atomic E-state index is 13.1. The van der Waals surface area contributed by atoms with E-state index in [1.165, 1.54) is 12.1 Å². The lowest BCUT2D eigenvalue weighted by atomic mass is 10.1. The van der Waals surface area contributed by atoms with Crippen molar-refractivity contribution < 1.29 is 9.13 Å². The minimum atomic E-state index is -0.260. The fourth-order valence-electron chi connectivity index (χ4n) is 1.93. The second kappa shape index (κ2) is 6.30. The van der Waals surface area contributed by atoms with Gasteiger partial charge >= 0.3 is 0 Å². The van der Waals surface area contributed by atoms with Crippen LogP contribution in [0.3, 0.4) is 0 Å². The lowest BCUT2D eigenvalue weighted by molar-refractivity contribution is 0.116. The summed E-state index contributed by atoms with van der Waals surface area (Å²) in [7, 11) is 0. The highest BCUT2D eigenvalue weighted by molar-refractivity contribution is 7.71. The first kappa shape index (κ1) is 14.2. The van der Waals surface area contributed by atoms with Crippen LogP contribution in [0.1, 0.15) is 20.3 Å². The second-order valence-corrected chi connectivity index (χ2v) is 5.42. The normalized spacial score (nSPS) is 11.6. The molecule has 0 aliphatic heterocycles. The van der Waals surface area contributed by atoms with E-state index in [2.05, 4.69) is 18.8 Å². The summed E-state index contributed by atoms with van der Waals surface area (Å²) in [5.74, 6) is 0.391. The monoisotopic (exact) mass is 282 g/mol. The number of aromatic amines is 1. The zero-order valence-corrected chi connectivity index (χ0v) is 12.1. The number of H-pyrrole nitrogens is 1. The van der Waals surface area contributed by atoms with E-state index in [1.54, 1.807) is 6.07 Å². The fraction of sp³-hybridized carbons (Fsp3) is 0.500. The molecule has 0 atom stereocenters. The van der Waals surface area contributed by atoms with E-state index in [0.29, 0.717) is 23.8 Å². The van der Waals surface area contributed by atoms with E-state index in [-0.39, 0.29) is 5.82 Å². The van der Waals surface area contributed by atoms with Gasteiger partial charge in [-0.15, -0.1) is 0 Å². The van der Waals surface area contributed by atoms with Crippen LogP contribution in [0, 0.1) is 16.5 Å². The number of hydrogen-bond acceptors (Lipinski definition) is 2. The number of halogens is 1. The smallest absolute Gasteiger partial charge is 0.178 e. The molecule has 0 fully saturated rings. The molecule has 0 amide bonds. The van der Waals surface area contributed by atoms with Gasteiger partial charge < -0.3 is 14.3 Å². The Kier molecular flexibility index (Phi) is 4.71. The minimum absolute atomic E-state index is 0.260. The van der Waals surface area contributed by atoms with Gasteiger partial charge in [-0.3, -0.25) is 0 Å². The van der Waals surface area contributed by atoms with Gasteiger partial charge in [0.05, 0.1) is 17.6 Å². The highest BCUT2D eigenvalue weighted by atomic mass is 32.1. The van der Waals surface area contributed by atoms with E-state index in [1.807, 2.05) is 4.57 Å². The SMILES string of the molecule is CC(C)CCOCCn1c(=S)[nH]c2cc(F)ccc21. The number of imidazole rings is 1. The summed E-state index contributed by atoms with van der Waals surface area (Å²) in [6, 6.07) is 4.65. The Morgan fingerprint density at radius 1 is 1.37 bits per heavy atom. The summed E-state index contributed by atoms with van der Waals surface area (Å²) in [4.78, 5) is 3.01. The van der Waals surface area contributed by atoms with Crippen LogP contribution in [0.2, 0.25) is 0 Å². The van der Waals surface area contributed by atoms with Crippen molar-refractivity contribution in [3.05, 3.63) is 28.8 Å². The summed E-state index contributed by atoms with van der Waals surface area (Å²) in [5.41, 5.74) is 1.64. The van der Waals surface area contributed by atoms with Crippen molar-refractivity contribution in [1.29, 1.82) is 0 Å². The molecule has 1 heterocycles. The predicted molar refractivity (Wildman–Crippen MR) is 77.4 cm³/mol. The number of fused-ring (bicyclic) bond motifs is 1. The summed E-state index contributed by atoms with van der Waals surface area (Å²) >= 11 is 5.25. The van der Waals surface area contributed by atoms with Crippen molar-refractivity contribution in [2.24, 2.45) is 5.92 Å². The largest absolute Gasteiger partial charge is 0.380 e. The van der Waals surface area contributed by atoms with Gasteiger partial charge in [0, 0.05) is 13.2 Å². The average Bonchev–Trinajstić information content (AvgIpc) is 2.64. The predicted octanol–water partition coefficient (Wildman–Crippen LogP) is 3.90. The number of nitrogens with one attached hydrogen (secondary N) is 1. The van der Waals surface area contributed by atoms with Crippen LogP contribution in [0.25, 0.3) is 11.0 Å². The summed E-state index contributed by atoms with van der Waals surface area (Å²) in [6.45, 7) is 6.41. The lowest BCUT2D eigenvalue weighted by Gasteiger charge is -2.07. The van der Waals surface area contributed by atoms with Crippen molar-refractivity contribution in [3.63, 3.8) is 0 Å². The molecular formula is C14H19FN2OS. The summed E-state index contributed by atoms with van der Waals surface area (Å²) in [6.07, 6.45) is 1.06. The molecule has 0 aliphatic carbocycles. The quantitative estimate of drug-likeness (QED) is 0.643. The first-order valence-corrected chi connectivity index (χ1v) is 6.94. The number of nitrogens with zero attached hydrogens (tertiary/aromatic N) is 1. The molecule has 0 spiro atoms. The van der Waals surface area contributed by atoms with Crippen LogP contribution < -0.4 is 0 Å². The van der Waals surface area contributed by atoms with Crippen molar-refractivity contribution >= 4 is 23.3 Å². The van der Waals surface area contributed by atoms with E-state index in [9.17, 15) is 4.39 Å². The standard InChI is InChI=1S/C14H19FN2OS/c1-10(2)5-7-18-8-6-17-13-4-3-11(15)9-12(13)16-14(17)19/h3-4,9-10H,5-8H2,1-2H3,(H,16,19). The van der Waals surface area contributed by atoms with Crippen molar-refractivity contribution in [2.45, 2.75) is 26.8 Å². The van der Waals surface area contributed by atoms with Gasteiger partial charge in [-0.25, -0.2) is 4.39 Å². The Hall–Kier alpha value is -1.20. The van der Waals surface area contributed by atoms with Gasteiger partial charge in [0.2, 0.25) is 0 Å². The maximum absolute atomic E-state index is 13.1. The Morgan fingerprint density at radius 2 is 2.16 bits per heavy atom. The van der Waals surface area contributed by atoms with Gasteiger partial charge in [-0.2, -0.15) is 0 Å². The zero-order valence-electron chi connectivity index (χ0n) is 11.3. The molecule has 0 saturated carbocycles. The average molecular weight is 282 g/mol. The van der Waals surface area contributed by atoms with Crippen LogP contribution in [0.5, 0.6) is 0 Å². The van der Waals surface area contributed by atoms with E-state index in [4.69, 9.17) is 17.0 Å². The molecule has 1 N–H and O–H groups in total. The Morgan fingerprint density at radius 3 is 2.89 bits per heavy atom. The van der Waals surface area contributed by atoms with Gasteiger partial charge in [0.15, 0.2) is 4.77 Å². The lowest BCUT2D eigenvalue weighted by Crippen LogP contribution is -2.08. The molecule has 1 aromatic heterocycles. The third kappa shape index (κ3) is 3.64. The van der Waals surface area contributed by atoms with E-state index < -0.39 is 0 Å². The maximum Gasteiger partial charge on any atom is 0.178 e. The molecule has 3 nitrogen and oxygen atoms in total. The molecule has 2 rings (SSSR count). The molecule has 0 saturated heterocycles. The highest BCUT2D eigenvalue weighted by Crippen LogP contribution is 2.15. The molecule has 5 heteroatoms. The molecule has 1 aromatic carbocycles. The zero-order chi connectivity index (χ0) is 13.8. The van der Waals surface area contributed by atoms with E-state index in [0.717, 1.165) is 24.1 Å². The molecule has 0 bridgehead atoms. The summed E-state index contributed by atoms with van der Waals surface area (Å²) < 4.78 is 21.3. The van der Waals surface area contributed by atoms with Gasteiger partial charge in [0.1, 0.15) is 5.82 Å². The molecule has 19 heavy (non-hydrogen) atoms. The fourth-order valence-corrected chi connectivity index (χ4v) is 2.23. The third-order valence-electron chi connectivity index (χ3n) is 3.03. The van der Waals surface area contributed by atoms with Crippen LogP contribution in [0.15, 0.2) is 18.2 Å². The Balaban J connectivity index is 2.00. The molecule has 0 aliphatic rings. The molecule has 2 aromatic rings. The van der Waals surface area contributed by atoms with Gasteiger partial charge in [0.25, 0.3) is 0 Å². The molecular weight excluding hydrogens is 263 g/mol. The highest BCUT2D eigenvalue weighted by Gasteiger charge is 2.05. The topological polar surface area (TPSA) is 29.9 Å². The van der Waals surface area contributed by atoms with E-state index >= 15 is 0 Å². The summed E-state index contributed by atoms with van der Waals surface area (Å²) in [5, 5.41) is 0. The number of rotatable bonds is 6. The van der Waals surface area contributed by atoms with Crippen molar-refractivity contribution in [1.82, 2.24) is 9.55 Å². The Bertz CT molecular complexity index is 603. The van der Waals surface area contributed by atoms with Crippen LogP contribution in [-0.4, -0.2) is 22.8 Å². The first-order chi connectivity index (χ1) is 9.08. The van der Waals surface area contributed by atoms with Crippen molar-refractivity contribution in [3.8, 4) is 0 Å². The molecule has 0 unspecified atom stereocenters. The third-order valence-corrected chi connectivity index (χ3v) is 3.36. The van der Waals surface area contributed by atoms with Crippen molar-refractivity contribution in [2.75, 3.05) is 13.2 Å². The minimum Gasteiger partial charge on any atom is -0.380 e. The van der Waals surface area contributed by atoms with Crippen LogP contribution >= 0.6 is 12.2 Å². The molecule has 0 radical (unpaired) electrons. The number of hydrogen-bond donors (Lipinski definition) is 1. The van der Waals surface area contributed by atoms with Crippen LogP contribution in [0.4, 0.5) is 4.39 Å². The number of ether oxygens (including phenoxy) is 1. The van der Waals surface area contributed by atoms with Gasteiger partial charge in [-0.05, 0) is 42.8 Å². The van der Waals surface area contributed by atoms with Crippen LogP contribution in [-0.2, 0) is 11.3 Å². The van der Waals surface area contributed by atoms with Gasteiger partial charge in [-0.1, -0.05) is 13.8 Å². The Labute approximate surface area is 117 Å². The number of aromatic nitrogens is 2. The molecule has 104 valence electrons. The number of benzene rings is 1.